The van der Waals surface area contributed by atoms with E-state index in [9.17, 15) is 13.6 Å². The van der Waals surface area contributed by atoms with Crippen LogP contribution in [0.1, 0.15) is 24.0 Å². The van der Waals surface area contributed by atoms with Gasteiger partial charge < -0.3 is 5.32 Å². The summed E-state index contributed by atoms with van der Waals surface area (Å²) in [5.74, 6) is -1.74. The summed E-state index contributed by atoms with van der Waals surface area (Å²) in [7, 11) is 0. The van der Waals surface area contributed by atoms with Crippen molar-refractivity contribution in [2.75, 3.05) is 6.54 Å². The fourth-order valence-electron chi connectivity index (χ4n) is 2.79. The van der Waals surface area contributed by atoms with E-state index in [1.807, 2.05) is 0 Å². The molecule has 5 heteroatoms. The third-order valence-electron chi connectivity index (χ3n) is 3.78. The molecule has 1 aliphatic carbocycles. The van der Waals surface area contributed by atoms with Crippen LogP contribution >= 0.6 is 15.9 Å². The minimum atomic E-state index is -0.894. The molecule has 1 heterocycles. The monoisotopic (exact) mass is 327 g/mol. The zero-order chi connectivity index (χ0) is 13.6. The summed E-state index contributed by atoms with van der Waals surface area (Å²) in [6.07, 6.45) is 4.06. The van der Waals surface area contributed by atoms with Gasteiger partial charge in [0.1, 0.15) is 0 Å². The predicted molar refractivity (Wildman–Crippen MR) is 71.5 cm³/mol. The van der Waals surface area contributed by atoms with Crippen LogP contribution in [0.15, 0.2) is 16.1 Å². The van der Waals surface area contributed by atoms with Crippen LogP contribution in [0.5, 0.6) is 0 Å². The molecule has 1 amide bonds. The standard InChI is InChI=1S/C14H12BrF2NO/c15-12-9-4-7-2-1-3-18-14(19)10(7)5-8(9)6-11(16)13(12)17/h5-7H,1-4H2,(H,18,19). The number of fused-ring (bicyclic) bond motifs is 2. The number of rotatable bonds is 0. The van der Waals surface area contributed by atoms with E-state index in [0.29, 0.717) is 24.1 Å². The number of carbonyl (C=O) groups excluding carboxylic acids is 1. The quantitative estimate of drug-likeness (QED) is 0.728. The topological polar surface area (TPSA) is 29.1 Å². The van der Waals surface area contributed by atoms with Crippen LogP contribution in [0.2, 0.25) is 0 Å². The van der Waals surface area contributed by atoms with Crippen LogP contribution in [0.3, 0.4) is 0 Å². The molecule has 1 aromatic rings. The van der Waals surface area contributed by atoms with E-state index in [1.165, 1.54) is 0 Å². The maximum atomic E-state index is 13.6. The average Bonchev–Trinajstić information content (AvgIpc) is 2.57. The van der Waals surface area contributed by atoms with Crippen molar-refractivity contribution >= 4 is 27.9 Å². The van der Waals surface area contributed by atoms with Crippen LogP contribution in [-0.4, -0.2) is 12.5 Å². The van der Waals surface area contributed by atoms with E-state index in [0.717, 1.165) is 24.5 Å². The molecular formula is C14H12BrF2NO. The minimum absolute atomic E-state index is 0.0889. The summed E-state index contributed by atoms with van der Waals surface area (Å²) in [5.41, 5.74) is 2.03. The van der Waals surface area contributed by atoms with Gasteiger partial charge in [-0.25, -0.2) is 8.78 Å². The Morgan fingerprint density at radius 1 is 1.37 bits per heavy atom. The van der Waals surface area contributed by atoms with E-state index in [2.05, 4.69) is 21.2 Å². The van der Waals surface area contributed by atoms with Crippen LogP contribution in [0, 0.1) is 17.6 Å². The van der Waals surface area contributed by atoms with Crippen molar-refractivity contribution in [1.82, 2.24) is 5.32 Å². The molecule has 1 saturated heterocycles. The lowest BCUT2D eigenvalue weighted by Crippen LogP contribution is -2.27. The highest BCUT2D eigenvalue weighted by atomic mass is 79.9. The van der Waals surface area contributed by atoms with Crippen LogP contribution in [0.25, 0.3) is 6.08 Å². The average molecular weight is 328 g/mol. The van der Waals surface area contributed by atoms with E-state index in [4.69, 9.17) is 0 Å². The molecule has 2 nitrogen and oxygen atoms in total. The Balaban J connectivity index is 2.14. The Morgan fingerprint density at radius 2 is 2.16 bits per heavy atom. The second kappa shape index (κ2) is 4.71. The van der Waals surface area contributed by atoms with E-state index >= 15 is 0 Å². The number of hydrogen-bond donors (Lipinski definition) is 1. The molecule has 100 valence electrons. The fourth-order valence-corrected chi connectivity index (χ4v) is 3.37. The van der Waals surface area contributed by atoms with Gasteiger partial charge in [-0.2, -0.15) is 0 Å². The molecule has 0 aromatic heterocycles. The zero-order valence-electron chi connectivity index (χ0n) is 10.1. The molecule has 1 aliphatic heterocycles. The lowest BCUT2D eigenvalue weighted by atomic mass is 9.81. The van der Waals surface area contributed by atoms with Gasteiger partial charge >= 0.3 is 0 Å². The first-order valence-corrected chi connectivity index (χ1v) is 7.03. The van der Waals surface area contributed by atoms with Crippen molar-refractivity contribution in [1.29, 1.82) is 0 Å². The summed E-state index contributed by atoms with van der Waals surface area (Å²) in [6, 6.07) is 1.16. The normalized spacial score (nSPS) is 21.9. The maximum Gasteiger partial charge on any atom is 0.247 e. The van der Waals surface area contributed by atoms with Crippen molar-refractivity contribution in [3.05, 3.63) is 38.9 Å². The van der Waals surface area contributed by atoms with Crippen LogP contribution in [-0.2, 0) is 11.2 Å². The first-order chi connectivity index (χ1) is 9.08. The first-order valence-electron chi connectivity index (χ1n) is 6.24. The first kappa shape index (κ1) is 12.8. The molecule has 0 bridgehead atoms. The van der Waals surface area contributed by atoms with Crippen molar-refractivity contribution < 1.29 is 13.6 Å². The van der Waals surface area contributed by atoms with Gasteiger partial charge in [-0.1, -0.05) is 0 Å². The Labute approximate surface area is 118 Å². The Kier molecular flexibility index (Phi) is 3.17. The lowest BCUT2D eigenvalue weighted by molar-refractivity contribution is -0.117. The third kappa shape index (κ3) is 2.10. The summed E-state index contributed by atoms with van der Waals surface area (Å²) in [5, 5.41) is 2.83. The number of benzene rings is 1. The summed E-state index contributed by atoms with van der Waals surface area (Å²) in [6.45, 7) is 0.660. The highest BCUT2D eigenvalue weighted by Crippen LogP contribution is 2.38. The number of nitrogens with one attached hydrogen (secondary N) is 1. The SMILES string of the molecule is O=C1NCCCC2Cc3c(cc(F)c(F)c3Br)C=C12. The molecular weight excluding hydrogens is 316 g/mol. The van der Waals surface area contributed by atoms with Crippen molar-refractivity contribution in [3.63, 3.8) is 0 Å². The Bertz CT molecular complexity index is 598. The molecule has 0 radical (unpaired) electrons. The molecule has 1 aromatic carbocycles. The second-order valence-electron chi connectivity index (χ2n) is 4.95. The maximum absolute atomic E-state index is 13.6. The Morgan fingerprint density at radius 3 is 2.95 bits per heavy atom. The molecule has 1 fully saturated rings. The van der Waals surface area contributed by atoms with Gasteiger partial charge in [0.15, 0.2) is 11.6 Å². The van der Waals surface area contributed by atoms with Crippen LogP contribution < -0.4 is 5.32 Å². The van der Waals surface area contributed by atoms with E-state index in [1.54, 1.807) is 6.08 Å². The van der Waals surface area contributed by atoms with Gasteiger partial charge in [-0.15, -0.1) is 0 Å². The molecule has 19 heavy (non-hydrogen) atoms. The number of hydrogen-bond acceptors (Lipinski definition) is 1. The third-order valence-corrected chi connectivity index (χ3v) is 4.60. The summed E-state index contributed by atoms with van der Waals surface area (Å²) >= 11 is 3.12. The highest BCUT2D eigenvalue weighted by Gasteiger charge is 2.30. The van der Waals surface area contributed by atoms with Crippen molar-refractivity contribution in [2.45, 2.75) is 19.3 Å². The highest BCUT2D eigenvalue weighted by molar-refractivity contribution is 9.10. The van der Waals surface area contributed by atoms with E-state index < -0.39 is 11.6 Å². The molecule has 1 atom stereocenters. The molecule has 3 rings (SSSR count). The van der Waals surface area contributed by atoms with E-state index in [-0.39, 0.29) is 16.3 Å². The molecule has 2 aliphatic rings. The molecule has 0 spiro atoms. The van der Waals surface area contributed by atoms with Gasteiger partial charge in [0.05, 0.1) is 4.47 Å². The lowest BCUT2D eigenvalue weighted by Gasteiger charge is -2.24. The van der Waals surface area contributed by atoms with Gasteiger partial charge in [0.25, 0.3) is 0 Å². The van der Waals surface area contributed by atoms with Gasteiger partial charge in [-0.3, -0.25) is 4.79 Å². The number of carbonyl (C=O) groups is 1. The van der Waals surface area contributed by atoms with Crippen molar-refractivity contribution in [3.8, 4) is 0 Å². The number of amides is 1. The Hall–Kier alpha value is -1.23. The fraction of sp³-hybridized carbons (Fsp3) is 0.357. The predicted octanol–water partition coefficient (Wildman–Crippen LogP) is 3.19. The summed E-state index contributed by atoms with van der Waals surface area (Å²) < 4.78 is 27.2. The smallest absolute Gasteiger partial charge is 0.247 e. The second-order valence-corrected chi connectivity index (χ2v) is 5.75. The van der Waals surface area contributed by atoms with Gasteiger partial charge in [0, 0.05) is 12.1 Å². The summed E-state index contributed by atoms with van der Waals surface area (Å²) in [4.78, 5) is 11.9. The minimum Gasteiger partial charge on any atom is -0.352 e. The van der Waals surface area contributed by atoms with Gasteiger partial charge in [-0.05, 0) is 64.4 Å². The largest absolute Gasteiger partial charge is 0.352 e. The molecule has 0 saturated carbocycles. The van der Waals surface area contributed by atoms with Crippen LogP contribution in [0.4, 0.5) is 8.78 Å². The molecule has 1 N–H and O–H groups in total. The number of halogens is 3. The zero-order valence-corrected chi connectivity index (χ0v) is 11.7. The molecule has 1 unspecified atom stereocenters. The van der Waals surface area contributed by atoms with Crippen molar-refractivity contribution in [2.24, 2.45) is 5.92 Å². The van der Waals surface area contributed by atoms with Gasteiger partial charge in [0.2, 0.25) is 5.91 Å².